The number of ether oxygens (including phenoxy) is 1. The number of halogens is 1. The lowest BCUT2D eigenvalue weighted by Gasteiger charge is -2.05. The van der Waals surface area contributed by atoms with Crippen molar-refractivity contribution in [2.24, 2.45) is 0 Å². The summed E-state index contributed by atoms with van der Waals surface area (Å²) in [6, 6.07) is 8.93. The standard InChI is InChI=1S/C11H10ClNO3S/c1-16-10-4-2-3-8-5-6-9(13-11(8)10)7-17(12,14)15/h2-6H,7H2,1H3. The number of para-hydroxylation sites is 1. The second-order valence-corrected chi connectivity index (χ2v) is 6.29. The summed E-state index contributed by atoms with van der Waals surface area (Å²) >= 11 is 0. The minimum absolute atomic E-state index is 0.289. The second-order valence-electron chi connectivity index (χ2n) is 3.52. The van der Waals surface area contributed by atoms with Crippen molar-refractivity contribution < 1.29 is 13.2 Å². The molecular weight excluding hydrogens is 262 g/mol. The van der Waals surface area contributed by atoms with Gasteiger partial charge in [0.15, 0.2) is 0 Å². The molecule has 0 aliphatic carbocycles. The maximum absolute atomic E-state index is 11.0. The lowest BCUT2D eigenvalue weighted by molar-refractivity contribution is 0.419. The Bertz CT molecular complexity index is 655. The van der Waals surface area contributed by atoms with E-state index >= 15 is 0 Å². The quantitative estimate of drug-likeness (QED) is 0.804. The van der Waals surface area contributed by atoms with E-state index < -0.39 is 9.05 Å². The van der Waals surface area contributed by atoms with Crippen molar-refractivity contribution in [2.75, 3.05) is 7.11 Å². The molecule has 1 aromatic heterocycles. The first-order valence-corrected chi connectivity index (χ1v) is 7.32. The average molecular weight is 272 g/mol. The van der Waals surface area contributed by atoms with Crippen molar-refractivity contribution in [1.82, 2.24) is 4.98 Å². The molecule has 0 aliphatic rings. The first-order valence-electron chi connectivity index (χ1n) is 4.84. The van der Waals surface area contributed by atoms with Crippen molar-refractivity contribution in [2.45, 2.75) is 5.75 Å². The Hall–Kier alpha value is -1.33. The van der Waals surface area contributed by atoms with Crippen LogP contribution >= 0.6 is 10.7 Å². The molecule has 0 spiro atoms. The molecule has 0 fully saturated rings. The van der Waals surface area contributed by atoms with Gasteiger partial charge < -0.3 is 4.74 Å². The van der Waals surface area contributed by atoms with E-state index in [1.807, 2.05) is 12.1 Å². The van der Waals surface area contributed by atoms with Gasteiger partial charge in [-0.15, -0.1) is 0 Å². The van der Waals surface area contributed by atoms with Crippen LogP contribution in [0.3, 0.4) is 0 Å². The fourth-order valence-electron chi connectivity index (χ4n) is 1.58. The van der Waals surface area contributed by atoms with Gasteiger partial charge in [0.2, 0.25) is 9.05 Å². The normalized spacial score (nSPS) is 11.6. The van der Waals surface area contributed by atoms with Gasteiger partial charge in [0.1, 0.15) is 17.0 Å². The van der Waals surface area contributed by atoms with Crippen LogP contribution in [0.2, 0.25) is 0 Å². The third kappa shape index (κ3) is 2.87. The maximum atomic E-state index is 11.0. The molecule has 0 atom stereocenters. The zero-order chi connectivity index (χ0) is 12.5. The molecule has 0 saturated heterocycles. The first kappa shape index (κ1) is 12.1. The topological polar surface area (TPSA) is 56.3 Å². The molecule has 1 heterocycles. The van der Waals surface area contributed by atoms with Gasteiger partial charge in [0, 0.05) is 16.1 Å². The first-order chi connectivity index (χ1) is 7.99. The molecule has 4 nitrogen and oxygen atoms in total. The summed E-state index contributed by atoms with van der Waals surface area (Å²) < 4.78 is 27.1. The summed E-state index contributed by atoms with van der Waals surface area (Å²) in [6.45, 7) is 0. The van der Waals surface area contributed by atoms with Gasteiger partial charge >= 0.3 is 0 Å². The Morgan fingerprint density at radius 2 is 2.06 bits per heavy atom. The van der Waals surface area contributed by atoms with E-state index in [2.05, 4.69) is 4.98 Å². The average Bonchev–Trinajstić information content (AvgIpc) is 2.26. The van der Waals surface area contributed by atoms with E-state index in [1.54, 1.807) is 25.3 Å². The number of aromatic nitrogens is 1. The van der Waals surface area contributed by atoms with Crippen LogP contribution in [0.25, 0.3) is 10.9 Å². The van der Waals surface area contributed by atoms with Crippen LogP contribution in [0.5, 0.6) is 5.75 Å². The summed E-state index contributed by atoms with van der Waals surface area (Å²) in [5.74, 6) is 0.319. The smallest absolute Gasteiger partial charge is 0.238 e. The summed E-state index contributed by atoms with van der Waals surface area (Å²) in [7, 11) is 3.14. The van der Waals surface area contributed by atoms with Crippen LogP contribution < -0.4 is 4.74 Å². The zero-order valence-electron chi connectivity index (χ0n) is 9.05. The van der Waals surface area contributed by atoms with Crippen molar-refractivity contribution in [3.05, 3.63) is 36.0 Å². The van der Waals surface area contributed by atoms with Crippen LogP contribution in [0, 0.1) is 0 Å². The number of fused-ring (bicyclic) bond motifs is 1. The molecule has 0 amide bonds. The highest BCUT2D eigenvalue weighted by Gasteiger charge is 2.10. The Morgan fingerprint density at radius 3 is 2.71 bits per heavy atom. The van der Waals surface area contributed by atoms with Gasteiger partial charge in [-0.25, -0.2) is 13.4 Å². The van der Waals surface area contributed by atoms with Crippen molar-refractivity contribution in [3.63, 3.8) is 0 Å². The Balaban J connectivity index is 2.56. The summed E-state index contributed by atoms with van der Waals surface area (Å²) in [5, 5.41) is 0.889. The zero-order valence-corrected chi connectivity index (χ0v) is 10.6. The lowest BCUT2D eigenvalue weighted by Crippen LogP contribution is -1.98. The van der Waals surface area contributed by atoms with Crippen LogP contribution in [0.15, 0.2) is 30.3 Å². The van der Waals surface area contributed by atoms with Gasteiger partial charge in [-0.3, -0.25) is 0 Å². The molecule has 1 aromatic carbocycles. The van der Waals surface area contributed by atoms with Gasteiger partial charge in [0.25, 0.3) is 0 Å². The fraction of sp³-hybridized carbons (Fsp3) is 0.182. The van der Waals surface area contributed by atoms with Gasteiger partial charge in [-0.05, 0) is 12.1 Å². The van der Waals surface area contributed by atoms with Gasteiger partial charge in [0.05, 0.1) is 12.8 Å². The summed E-state index contributed by atoms with van der Waals surface area (Å²) in [4.78, 5) is 4.24. The van der Waals surface area contributed by atoms with Crippen molar-refractivity contribution in [3.8, 4) is 5.75 Å². The molecule has 2 rings (SSSR count). The van der Waals surface area contributed by atoms with E-state index in [-0.39, 0.29) is 5.75 Å². The van der Waals surface area contributed by atoms with Crippen LogP contribution in [-0.2, 0) is 14.8 Å². The monoisotopic (exact) mass is 271 g/mol. The van der Waals surface area contributed by atoms with E-state index in [0.717, 1.165) is 5.39 Å². The predicted octanol–water partition coefficient (Wildman–Crippen LogP) is 2.31. The fourth-order valence-corrected chi connectivity index (χ4v) is 2.43. The number of pyridine rings is 1. The molecule has 2 aromatic rings. The molecule has 0 bridgehead atoms. The van der Waals surface area contributed by atoms with Crippen molar-refractivity contribution >= 4 is 30.6 Å². The van der Waals surface area contributed by atoms with E-state index in [0.29, 0.717) is 17.0 Å². The van der Waals surface area contributed by atoms with E-state index in [4.69, 9.17) is 15.4 Å². The van der Waals surface area contributed by atoms with Gasteiger partial charge in [-0.2, -0.15) is 0 Å². The number of hydrogen-bond acceptors (Lipinski definition) is 4. The highest BCUT2D eigenvalue weighted by atomic mass is 35.7. The molecule has 6 heteroatoms. The largest absolute Gasteiger partial charge is 0.494 e. The molecule has 0 N–H and O–H groups in total. The number of nitrogens with zero attached hydrogens (tertiary/aromatic N) is 1. The molecular formula is C11H10ClNO3S. The minimum Gasteiger partial charge on any atom is -0.494 e. The Labute approximate surface area is 104 Å². The van der Waals surface area contributed by atoms with Gasteiger partial charge in [-0.1, -0.05) is 18.2 Å². The van der Waals surface area contributed by atoms with Crippen LogP contribution in [0.1, 0.15) is 5.69 Å². The SMILES string of the molecule is COc1cccc2ccc(CS(=O)(=O)Cl)nc12. The highest BCUT2D eigenvalue weighted by molar-refractivity contribution is 8.13. The van der Waals surface area contributed by atoms with Crippen LogP contribution in [0.4, 0.5) is 0 Å². The highest BCUT2D eigenvalue weighted by Crippen LogP contribution is 2.24. The third-order valence-corrected chi connectivity index (χ3v) is 3.25. The Morgan fingerprint density at radius 1 is 1.29 bits per heavy atom. The summed E-state index contributed by atoms with van der Waals surface area (Å²) in [5.41, 5.74) is 1.03. The number of hydrogen-bond donors (Lipinski definition) is 0. The predicted molar refractivity (Wildman–Crippen MR) is 66.8 cm³/mol. The Kier molecular flexibility index (Phi) is 3.22. The summed E-state index contributed by atoms with van der Waals surface area (Å²) in [6.07, 6.45) is 0. The van der Waals surface area contributed by atoms with E-state index in [9.17, 15) is 8.42 Å². The number of rotatable bonds is 3. The molecule has 0 unspecified atom stereocenters. The second kappa shape index (κ2) is 4.50. The molecule has 17 heavy (non-hydrogen) atoms. The number of methoxy groups -OCH3 is 1. The maximum Gasteiger partial charge on any atom is 0.238 e. The molecule has 90 valence electrons. The number of benzene rings is 1. The van der Waals surface area contributed by atoms with E-state index in [1.165, 1.54) is 0 Å². The molecule has 0 aliphatic heterocycles. The van der Waals surface area contributed by atoms with Crippen LogP contribution in [-0.4, -0.2) is 20.5 Å². The molecule has 0 radical (unpaired) electrons. The lowest BCUT2D eigenvalue weighted by atomic mass is 10.2. The minimum atomic E-state index is -3.60. The van der Waals surface area contributed by atoms with Crippen molar-refractivity contribution in [1.29, 1.82) is 0 Å². The third-order valence-electron chi connectivity index (χ3n) is 2.28. The molecule has 0 saturated carbocycles.